The minimum Gasteiger partial charge on any atom is -0.229 e. The molecule has 1 aliphatic carbocycles. The Labute approximate surface area is 175 Å². The third-order valence-electron chi connectivity index (χ3n) is 6.33. The summed E-state index contributed by atoms with van der Waals surface area (Å²) in [6.07, 6.45) is 6.88. The van der Waals surface area contributed by atoms with E-state index in [4.69, 9.17) is 0 Å². The molecule has 2 nitrogen and oxygen atoms in total. The molecule has 4 heteroatoms. The Balaban J connectivity index is 1.50. The SMILES string of the molecule is Cc1csc(-c2ccc(CCC3CCC(CS(=O)(=O)C(C)C)CC3)c(C)c2)c1. The van der Waals surface area contributed by atoms with Gasteiger partial charge in [0, 0.05) is 4.88 Å². The highest BCUT2D eigenvalue weighted by Crippen LogP contribution is 2.34. The summed E-state index contributed by atoms with van der Waals surface area (Å²) in [6, 6.07) is 9.16. The van der Waals surface area contributed by atoms with Crippen LogP contribution < -0.4 is 0 Å². The van der Waals surface area contributed by atoms with Crippen molar-refractivity contribution < 1.29 is 8.42 Å². The van der Waals surface area contributed by atoms with Crippen molar-refractivity contribution in [1.82, 2.24) is 0 Å². The number of rotatable bonds is 7. The lowest BCUT2D eigenvalue weighted by atomic mass is 9.80. The van der Waals surface area contributed by atoms with Crippen LogP contribution in [0.3, 0.4) is 0 Å². The van der Waals surface area contributed by atoms with Crippen molar-refractivity contribution >= 4 is 21.2 Å². The van der Waals surface area contributed by atoms with Gasteiger partial charge in [0.1, 0.15) is 0 Å². The van der Waals surface area contributed by atoms with Crippen molar-refractivity contribution in [2.24, 2.45) is 11.8 Å². The topological polar surface area (TPSA) is 34.1 Å². The fourth-order valence-corrected chi connectivity index (χ4v) is 6.55. The van der Waals surface area contributed by atoms with Gasteiger partial charge in [-0.1, -0.05) is 31.0 Å². The first-order valence-corrected chi connectivity index (χ1v) is 13.2. The molecule has 0 saturated heterocycles. The minimum absolute atomic E-state index is 0.241. The molecule has 1 heterocycles. The van der Waals surface area contributed by atoms with E-state index in [9.17, 15) is 8.42 Å². The Morgan fingerprint density at radius 2 is 1.71 bits per heavy atom. The van der Waals surface area contributed by atoms with Gasteiger partial charge in [0.15, 0.2) is 9.84 Å². The third kappa shape index (κ3) is 5.48. The molecule has 1 saturated carbocycles. The predicted octanol–water partition coefficient (Wildman–Crippen LogP) is 6.59. The van der Waals surface area contributed by atoms with Gasteiger partial charge in [-0.15, -0.1) is 11.3 Å². The quantitative estimate of drug-likeness (QED) is 0.508. The third-order valence-corrected chi connectivity index (χ3v) is 9.80. The fourth-order valence-electron chi connectivity index (χ4n) is 4.28. The molecule has 1 aromatic heterocycles. The molecule has 1 aliphatic rings. The summed E-state index contributed by atoms with van der Waals surface area (Å²) < 4.78 is 24.3. The lowest BCUT2D eigenvalue weighted by Gasteiger charge is -2.29. The van der Waals surface area contributed by atoms with Gasteiger partial charge in [0.25, 0.3) is 0 Å². The average Bonchev–Trinajstić information content (AvgIpc) is 3.08. The van der Waals surface area contributed by atoms with Crippen LogP contribution in [0.15, 0.2) is 29.6 Å². The van der Waals surface area contributed by atoms with E-state index in [0.717, 1.165) is 25.2 Å². The summed E-state index contributed by atoms with van der Waals surface area (Å²) in [5.41, 5.74) is 5.51. The van der Waals surface area contributed by atoms with E-state index in [-0.39, 0.29) is 5.25 Å². The fraction of sp³-hybridized carbons (Fsp3) is 0.583. The number of benzene rings is 1. The van der Waals surface area contributed by atoms with E-state index in [1.54, 1.807) is 13.8 Å². The van der Waals surface area contributed by atoms with Gasteiger partial charge in [0.2, 0.25) is 0 Å². The number of thiophene rings is 1. The van der Waals surface area contributed by atoms with Crippen LogP contribution in [0, 0.1) is 25.7 Å². The van der Waals surface area contributed by atoms with Crippen molar-refractivity contribution in [2.75, 3.05) is 5.75 Å². The van der Waals surface area contributed by atoms with Gasteiger partial charge in [-0.25, -0.2) is 8.42 Å². The van der Waals surface area contributed by atoms with Crippen molar-refractivity contribution in [3.8, 4) is 10.4 Å². The highest BCUT2D eigenvalue weighted by molar-refractivity contribution is 7.91. The van der Waals surface area contributed by atoms with E-state index in [1.165, 1.54) is 46.4 Å². The summed E-state index contributed by atoms with van der Waals surface area (Å²) in [5, 5.41) is 1.97. The monoisotopic (exact) mass is 418 g/mol. The Kier molecular flexibility index (Phi) is 7.03. The highest BCUT2D eigenvalue weighted by atomic mass is 32.2. The standard InChI is InChI=1S/C24H34O2S2/c1-17(2)28(25,26)16-21-7-5-20(6-8-21)9-10-22-11-12-23(14-19(22)4)24-13-18(3)15-27-24/h11-15,17,20-21H,5-10,16H2,1-4H3. The Morgan fingerprint density at radius 3 is 2.29 bits per heavy atom. The minimum atomic E-state index is -2.90. The number of aryl methyl sites for hydroxylation is 3. The van der Waals surface area contributed by atoms with Crippen LogP contribution in [-0.4, -0.2) is 19.4 Å². The van der Waals surface area contributed by atoms with E-state index in [1.807, 2.05) is 11.3 Å². The van der Waals surface area contributed by atoms with Gasteiger partial charge in [-0.3, -0.25) is 0 Å². The van der Waals surface area contributed by atoms with Gasteiger partial charge < -0.3 is 0 Å². The molecule has 0 radical (unpaired) electrons. The van der Waals surface area contributed by atoms with Crippen LogP contribution in [0.4, 0.5) is 0 Å². The summed E-state index contributed by atoms with van der Waals surface area (Å²) in [7, 11) is -2.90. The first-order valence-electron chi connectivity index (χ1n) is 10.6. The molecular weight excluding hydrogens is 384 g/mol. The van der Waals surface area contributed by atoms with Crippen LogP contribution in [-0.2, 0) is 16.3 Å². The van der Waals surface area contributed by atoms with Crippen molar-refractivity contribution in [2.45, 2.75) is 71.5 Å². The molecule has 0 spiro atoms. The molecule has 1 aromatic carbocycles. The molecular formula is C24H34O2S2. The molecule has 0 unspecified atom stereocenters. The maximum Gasteiger partial charge on any atom is 0.152 e. The number of hydrogen-bond donors (Lipinski definition) is 0. The summed E-state index contributed by atoms with van der Waals surface area (Å²) in [5.74, 6) is 1.51. The van der Waals surface area contributed by atoms with E-state index in [2.05, 4.69) is 43.5 Å². The zero-order chi connectivity index (χ0) is 20.3. The van der Waals surface area contributed by atoms with Crippen molar-refractivity contribution in [1.29, 1.82) is 0 Å². The smallest absolute Gasteiger partial charge is 0.152 e. The van der Waals surface area contributed by atoms with Gasteiger partial charge >= 0.3 is 0 Å². The summed E-state index contributed by atoms with van der Waals surface area (Å²) >= 11 is 1.82. The van der Waals surface area contributed by atoms with Crippen LogP contribution in [0.2, 0.25) is 0 Å². The Morgan fingerprint density at radius 1 is 1.04 bits per heavy atom. The van der Waals surface area contributed by atoms with Crippen molar-refractivity contribution in [3.63, 3.8) is 0 Å². The van der Waals surface area contributed by atoms with Crippen LogP contribution in [0.5, 0.6) is 0 Å². The Bertz CT molecular complexity index is 885. The lowest BCUT2D eigenvalue weighted by Crippen LogP contribution is -2.26. The second kappa shape index (κ2) is 9.13. The second-order valence-corrected chi connectivity index (χ2v) is 12.4. The van der Waals surface area contributed by atoms with Crippen molar-refractivity contribution in [3.05, 3.63) is 46.3 Å². The largest absolute Gasteiger partial charge is 0.229 e. The molecule has 28 heavy (non-hydrogen) atoms. The molecule has 3 rings (SSSR count). The first-order chi connectivity index (χ1) is 13.2. The normalized spacial score (nSPS) is 20.6. The summed E-state index contributed by atoms with van der Waals surface area (Å²) in [6.45, 7) is 7.98. The molecule has 0 amide bonds. The highest BCUT2D eigenvalue weighted by Gasteiger charge is 2.27. The molecule has 0 aliphatic heterocycles. The van der Waals surface area contributed by atoms with Gasteiger partial charge in [-0.2, -0.15) is 0 Å². The first kappa shape index (κ1) is 21.6. The molecule has 154 valence electrons. The van der Waals surface area contributed by atoms with Gasteiger partial charge in [0.05, 0.1) is 11.0 Å². The lowest BCUT2D eigenvalue weighted by molar-refractivity contribution is 0.278. The zero-order valence-electron chi connectivity index (χ0n) is 17.7. The summed E-state index contributed by atoms with van der Waals surface area (Å²) in [4.78, 5) is 1.35. The zero-order valence-corrected chi connectivity index (χ0v) is 19.3. The average molecular weight is 419 g/mol. The van der Waals surface area contributed by atoms with E-state index in [0.29, 0.717) is 11.7 Å². The van der Waals surface area contributed by atoms with E-state index >= 15 is 0 Å². The maximum absolute atomic E-state index is 12.2. The molecule has 1 fully saturated rings. The predicted molar refractivity (Wildman–Crippen MR) is 122 cm³/mol. The second-order valence-electron chi connectivity index (χ2n) is 8.93. The van der Waals surface area contributed by atoms with Gasteiger partial charge in [-0.05, 0) is 98.9 Å². The maximum atomic E-state index is 12.2. The van der Waals surface area contributed by atoms with Crippen LogP contribution >= 0.6 is 11.3 Å². The van der Waals surface area contributed by atoms with Crippen LogP contribution in [0.1, 0.15) is 62.6 Å². The number of hydrogen-bond acceptors (Lipinski definition) is 3. The molecule has 0 atom stereocenters. The van der Waals surface area contributed by atoms with Crippen LogP contribution in [0.25, 0.3) is 10.4 Å². The number of sulfone groups is 1. The molecule has 0 bridgehead atoms. The molecule has 0 N–H and O–H groups in total. The molecule has 2 aromatic rings. The van der Waals surface area contributed by atoms with E-state index < -0.39 is 9.84 Å². The Hall–Kier alpha value is -1.13.